The molecule has 2 fully saturated rings. The van der Waals surface area contributed by atoms with Gasteiger partial charge in [0, 0.05) is 67.7 Å². The van der Waals surface area contributed by atoms with Crippen LogP contribution >= 0.6 is 0 Å². The second-order valence-corrected chi connectivity index (χ2v) is 21.4. The van der Waals surface area contributed by atoms with E-state index in [1.54, 1.807) is 56.0 Å². The molecule has 2 heterocycles. The number of likely N-dealkylation sites (tertiary alicyclic amines) is 1. The average Bonchev–Trinajstić information content (AvgIpc) is 3.32. The molecule has 0 radical (unpaired) electrons. The second-order valence-electron chi connectivity index (χ2n) is 21.4. The Kier molecular flexibility index (Phi) is 23.6. The van der Waals surface area contributed by atoms with Gasteiger partial charge in [0.1, 0.15) is 36.3 Å². The Morgan fingerprint density at radius 3 is 1.79 bits per heavy atom. The molecule has 20 nitrogen and oxygen atoms in total. The Morgan fingerprint density at radius 1 is 0.653 bits per heavy atom. The number of hydrogen-bond acceptors (Lipinski definition) is 11. The van der Waals surface area contributed by atoms with E-state index in [0.717, 1.165) is 24.2 Å². The Hall–Kier alpha value is -5.63. The molecule has 7 atom stereocenters. The van der Waals surface area contributed by atoms with E-state index in [1.165, 1.54) is 61.8 Å². The summed E-state index contributed by atoms with van der Waals surface area (Å²) >= 11 is 0. The lowest BCUT2D eigenvalue weighted by molar-refractivity contribution is -0.151. The third kappa shape index (κ3) is 18.4. The van der Waals surface area contributed by atoms with Crippen LogP contribution in [0.4, 0.5) is 0 Å². The maximum atomic E-state index is 14.7. The number of nitrogens with one attached hydrogen (secondary N) is 3. The van der Waals surface area contributed by atoms with Gasteiger partial charge in [-0.3, -0.25) is 43.2 Å². The topological polar surface area (TPSA) is 239 Å². The zero-order valence-electron chi connectivity index (χ0n) is 45.2. The number of likely N-dealkylation sites (N-methyl/N-ethyl adjacent to an activating group) is 4. The summed E-state index contributed by atoms with van der Waals surface area (Å²) in [6, 6.07) is 1.27. The first kappa shape index (κ1) is 60.7. The summed E-state index contributed by atoms with van der Waals surface area (Å²) in [7, 11) is 7.20. The van der Waals surface area contributed by atoms with Crippen molar-refractivity contribution < 1.29 is 53.0 Å². The van der Waals surface area contributed by atoms with Gasteiger partial charge in [-0.1, -0.05) is 58.0 Å². The smallest absolute Gasteiger partial charge is 0.248 e. The molecule has 9 amide bonds. The number of rotatable bonds is 10. The van der Waals surface area contributed by atoms with Crippen LogP contribution in [0.15, 0.2) is 30.3 Å². The normalized spacial score (nSPS) is 24.9. The van der Waals surface area contributed by atoms with E-state index in [4.69, 9.17) is 4.74 Å². The SMILES string of the molecule is CC(C)C[C@H]1C(=O)N(C)[C@@H](CC(C)C)C(=O)N[C@@H](COC(C)(C)C)C(=O)N[C@H](C(=O)N2CCCCC2)CC(=O)N(C)CCCC(=O)N(C)[C@@H](Cc2ccccc2)C(=O)N[C@@H]([C@@H](C)O)C(=O)N(C)CC(=O)N1C. The van der Waals surface area contributed by atoms with Crippen molar-refractivity contribution in [2.75, 3.05) is 68.0 Å². The Balaban J connectivity index is 2.17. The summed E-state index contributed by atoms with van der Waals surface area (Å²) in [5.41, 5.74) is -0.0566. The Labute approximate surface area is 427 Å². The molecule has 0 unspecified atom stereocenters. The van der Waals surface area contributed by atoms with Crippen LogP contribution in [0.2, 0.25) is 0 Å². The van der Waals surface area contributed by atoms with Crippen LogP contribution in [-0.2, 0) is 54.3 Å². The molecule has 2 aliphatic rings. The lowest BCUT2D eigenvalue weighted by Crippen LogP contribution is -2.61. The van der Waals surface area contributed by atoms with E-state index < -0.39 is 114 Å². The number of benzene rings is 1. The third-order valence-corrected chi connectivity index (χ3v) is 13.2. The summed E-state index contributed by atoms with van der Waals surface area (Å²) in [5.74, 6) is -5.89. The molecule has 0 aliphatic carbocycles. The first-order valence-corrected chi connectivity index (χ1v) is 25.5. The van der Waals surface area contributed by atoms with Crippen molar-refractivity contribution in [3.63, 3.8) is 0 Å². The minimum atomic E-state index is -1.54. The third-order valence-electron chi connectivity index (χ3n) is 13.2. The molecule has 1 aromatic rings. The highest BCUT2D eigenvalue weighted by atomic mass is 16.5. The van der Waals surface area contributed by atoms with Crippen LogP contribution in [-0.4, -0.2) is 204 Å². The molecule has 2 aliphatic heterocycles. The predicted octanol–water partition coefficient (Wildman–Crippen LogP) is 1.57. The van der Waals surface area contributed by atoms with Crippen molar-refractivity contribution in [2.45, 2.75) is 161 Å². The number of ether oxygens (including phenoxy) is 1. The first-order chi connectivity index (χ1) is 33.6. The number of nitrogens with zero attached hydrogens (tertiary/aromatic N) is 6. The molecule has 2 saturated heterocycles. The fourth-order valence-corrected chi connectivity index (χ4v) is 8.70. The first-order valence-electron chi connectivity index (χ1n) is 25.5. The highest BCUT2D eigenvalue weighted by molar-refractivity contribution is 5.98. The fourth-order valence-electron chi connectivity index (χ4n) is 8.70. The monoisotopic (exact) mass is 1010 g/mol. The molecular weight excluding hydrogens is 927 g/mol. The number of hydrogen-bond donors (Lipinski definition) is 4. The zero-order valence-corrected chi connectivity index (χ0v) is 45.2. The van der Waals surface area contributed by atoms with Crippen LogP contribution in [0.25, 0.3) is 0 Å². The van der Waals surface area contributed by atoms with Crippen molar-refractivity contribution in [1.82, 2.24) is 45.3 Å². The summed E-state index contributed by atoms with van der Waals surface area (Å²) in [6.07, 6.45) is 0.987. The highest BCUT2D eigenvalue weighted by Crippen LogP contribution is 2.20. The quantitative estimate of drug-likeness (QED) is 0.263. The Bertz CT molecular complexity index is 2020. The average molecular weight is 1010 g/mol. The number of carbonyl (C=O) groups excluding carboxylic acids is 9. The van der Waals surface area contributed by atoms with Gasteiger partial charge in [-0.25, -0.2) is 0 Å². The second kappa shape index (κ2) is 28.0. The van der Waals surface area contributed by atoms with Crippen LogP contribution in [0.3, 0.4) is 0 Å². The highest BCUT2D eigenvalue weighted by Gasteiger charge is 2.40. The molecule has 0 aromatic heterocycles. The number of amides is 9. The summed E-state index contributed by atoms with van der Waals surface area (Å²) in [5, 5.41) is 19.1. The number of piperidine rings is 1. The minimum Gasteiger partial charge on any atom is -0.391 e. The molecule has 72 heavy (non-hydrogen) atoms. The Morgan fingerprint density at radius 2 is 1.22 bits per heavy atom. The predicted molar refractivity (Wildman–Crippen MR) is 271 cm³/mol. The van der Waals surface area contributed by atoms with Crippen molar-refractivity contribution >= 4 is 53.2 Å². The van der Waals surface area contributed by atoms with E-state index in [9.17, 15) is 48.3 Å². The molecule has 0 bridgehead atoms. The van der Waals surface area contributed by atoms with Gasteiger partial charge in [0.2, 0.25) is 53.2 Å². The van der Waals surface area contributed by atoms with Gasteiger partial charge in [-0.2, -0.15) is 0 Å². The van der Waals surface area contributed by atoms with Gasteiger partial charge < -0.3 is 55.2 Å². The van der Waals surface area contributed by atoms with Crippen LogP contribution in [0.5, 0.6) is 0 Å². The van der Waals surface area contributed by atoms with Crippen molar-refractivity contribution in [1.29, 1.82) is 0 Å². The fraction of sp³-hybridized carbons (Fsp3) is 0.712. The number of aliphatic hydroxyl groups is 1. The van der Waals surface area contributed by atoms with E-state index in [-0.39, 0.29) is 57.1 Å². The summed E-state index contributed by atoms with van der Waals surface area (Å²) < 4.78 is 6.04. The molecule has 0 saturated carbocycles. The standard InChI is InChI=1S/C52H85N9O11/c1-33(2)27-39-47(67)54-38(32-72-52(6,7)8)46(66)53-37(49(69)61-25-18-15-19-26-61)30-43(64)56(9)24-20-23-42(63)58(11)40(29-36-21-16-14-17-22-36)48(68)55-45(35(5)62)51(71)57(10)31-44(65)59(12)41(28-34(3)4)50(70)60(39)13/h14,16-17,21-22,33-35,37-41,45,62H,15,18-20,23-32H2,1-13H3,(H,53,66)(H,54,67)(H,55,68)/t35-,37+,38+,39+,40+,41+,45+/m1/s1. The van der Waals surface area contributed by atoms with Crippen LogP contribution in [0, 0.1) is 11.8 Å². The van der Waals surface area contributed by atoms with Gasteiger partial charge in [0.05, 0.1) is 31.3 Å². The summed E-state index contributed by atoms with van der Waals surface area (Å²) in [4.78, 5) is 136. The van der Waals surface area contributed by atoms with E-state index in [2.05, 4.69) is 16.0 Å². The summed E-state index contributed by atoms with van der Waals surface area (Å²) in [6.45, 7) is 14.2. The number of aliphatic hydroxyl groups excluding tert-OH is 1. The molecular formula is C52H85N9O11. The molecule has 1 aromatic carbocycles. The van der Waals surface area contributed by atoms with Gasteiger partial charge in [0.25, 0.3) is 0 Å². The molecule has 20 heteroatoms. The lowest BCUT2D eigenvalue weighted by Gasteiger charge is -2.37. The number of carbonyl (C=O) groups is 9. The lowest BCUT2D eigenvalue weighted by atomic mass is 9.97. The zero-order chi connectivity index (χ0) is 54.2. The largest absolute Gasteiger partial charge is 0.391 e. The van der Waals surface area contributed by atoms with Gasteiger partial charge >= 0.3 is 0 Å². The molecule has 3 rings (SSSR count). The van der Waals surface area contributed by atoms with Gasteiger partial charge in [-0.15, -0.1) is 0 Å². The maximum absolute atomic E-state index is 14.7. The van der Waals surface area contributed by atoms with Gasteiger partial charge in [-0.05, 0) is 83.6 Å². The van der Waals surface area contributed by atoms with E-state index in [0.29, 0.717) is 18.7 Å². The maximum Gasteiger partial charge on any atom is 0.248 e. The molecule has 0 spiro atoms. The van der Waals surface area contributed by atoms with E-state index >= 15 is 0 Å². The van der Waals surface area contributed by atoms with Crippen molar-refractivity contribution in [2.24, 2.45) is 11.8 Å². The van der Waals surface area contributed by atoms with E-state index in [1.807, 2.05) is 27.7 Å². The van der Waals surface area contributed by atoms with Crippen molar-refractivity contribution in [3.8, 4) is 0 Å². The van der Waals surface area contributed by atoms with Crippen LogP contribution in [0.1, 0.15) is 112 Å². The molecule has 404 valence electrons. The van der Waals surface area contributed by atoms with Crippen molar-refractivity contribution in [3.05, 3.63) is 35.9 Å². The molecule has 4 N–H and O–H groups in total. The van der Waals surface area contributed by atoms with Gasteiger partial charge in [0.15, 0.2) is 0 Å². The van der Waals surface area contributed by atoms with Crippen LogP contribution < -0.4 is 16.0 Å². The minimum absolute atomic E-state index is 0.0489.